The lowest BCUT2D eigenvalue weighted by molar-refractivity contribution is -0.145. The van der Waals surface area contributed by atoms with Gasteiger partial charge in [-0.25, -0.2) is 26.4 Å². The standard InChI is InChI=1S/C42H46N6O18S2/c43-29-9-1-27(2-10-29)41(57)65-31-13-5-25(6-14-31)37(67(59,60)47-33(39(53)54)23-35(49)50)45-17-19-63-21-22-64-20-18-46-38(68(61,62)48-34(40(55)56)24-36(51)52)26-7-15-32(16-8-26)66-42(58)28-3-11-30(44)12-4-28/h1-16,33-34,37,45,47-48H,17-24,43-44H2,(H,49,50)(H,51,52)(H,53,54)(H,55,56)/t33-,34-,37?/m0/s1. The second kappa shape index (κ2) is 25.0. The van der Waals surface area contributed by atoms with Crippen LogP contribution in [0.25, 0.3) is 0 Å². The number of hydrogen-bond donors (Lipinski definition) is 9. The maximum absolute atomic E-state index is 13.5. The highest BCUT2D eigenvalue weighted by Crippen LogP contribution is 2.24. The first-order valence-electron chi connectivity index (χ1n) is 19.9. The number of ether oxygens (including phenoxy) is 4. The van der Waals surface area contributed by atoms with Crippen molar-refractivity contribution in [2.45, 2.75) is 30.3 Å². The largest absolute Gasteiger partial charge is 0.481 e. The molecule has 0 bridgehead atoms. The maximum Gasteiger partial charge on any atom is 0.343 e. The molecule has 0 aromatic heterocycles. The number of aliphatic carboxylic acids is 4. The van der Waals surface area contributed by atoms with E-state index in [1.54, 1.807) is 0 Å². The lowest BCUT2D eigenvalue weighted by Gasteiger charge is -2.22. The maximum atomic E-state index is 13.5. The average Bonchev–Trinajstić information content (AvgIpc) is 3.27. The number of carbonyl (C=O) groups excluding carboxylic acids is 2. The number of nitrogens with one attached hydrogen (secondary N) is 3. The van der Waals surface area contributed by atoms with Crippen LogP contribution in [-0.2, 0) is 48.7 Å². The number of sulfonamides is 2. The van der Waals surface area contributed by atoms with Crippen LogP contribution in [0.2, 0.25) is 0 Å². The van der Waals surface area contributed by atoms with Crippen LogP contribution in [0.3, 0.4) is 0 Å². The van der Waals surface area contributed by atoms with Gasteiger partial charge < -0.3 is 50.8 Å². The van der Waals surface area contributed by atoms with Crippen LogP contribution in [0.4, 0.5) is 11.4 Å². The van der Waals surface area contributed by atoms with Crippen molar-refractivity contribution in [1.82, 2.24) is 14.8 Å². The number of anilines is 2. The zero-order valence-electron chi connectivity index (χ0n) is 35.5. The number of nitrogen functional groups attached to an aromatic ring is 2. The first-order valence-corrected chi connectivity index (χ1v) is 22.9. The minimum absolute atomic E-state index is 0.00853. The van der Waals surface area contributed by atoms with E-state index in [0.717, 1.165) is 0 Å². The molecular formula is C42H46N6O18S2. The number of carboxylic acid groups (broad SMARTS) is 4. The second-order valence-electron chi connectivity index (χ2n) is 14.1. The lowest BCUT2D eigenvalue weighted by Crippen LogP contribution is -2.47. The zero-order chi connectivity index (χ0) is 50.0. The first-order chi connectivity index (χ1) is 32.1. The fraction of sp³-hybridized carbons (Fsp3) is 0.262. The number of hydrogen-bond acceptors (Lipinski definition) is 18. The molecule has 0 saturated heterocycles. The van der Waals surface area contributed by atoms with E-state index in [0.29, 0.717) is 11.4 Å². The predicted molar refractivity (Wildman–Crippen MR) is 240 cm³/mol. The Labute approximate surface area is 388 Å². The van der Waals surface area contributed by atoms with Gasteiger partial charge in [-0.1, -0.05) is 12.1 Å². The Balaban J connectivity index is 1.38. The molecule has 0 spiro atoms. The number of rotatable bonds is 27. The Hall–Kier alpha value is -7.33. The van der Waals surface area contributed by atoms with E-state index in [1.165, 1.54) is 97.1 Å². The molecule has 0 aliphatic heterocycles. The first kappa shape index (κ1) is 53.3. The molecule has 11 N–H and O–H groups in total. The minimum atomic E-state index is -4.81. The monoisotopic (exact) mass is 986 g/mol. The van der Waals surface area contributed by atoms with Crippen LogP contribution in [0.15, 0.2) is 102 Å². The van der Waals surface area contributed by atoms with Gasteiger partial charge in [0.2, 0.25) is 10.0 Å². The molecule has 364 valence electrons. The topological polar surface area (TPSA) is 389 Å². The van der Waals surface area contributed by atoms with Gasteiger partial charge in [0.25, 0.3) is 10.0 Å². The fourth-order valence-corrected chi connectivity index (χ4v) is 8.65. The SMILES string of the molecule is Nc1ccc(C(=O)Oc2ccc(C(=NCCOCCOCCNC(c3ccc(OC(=O)c4ccc(N)cc4)cc3)S(=O)(=O)N[C@@H](CC(=O)O)C(=O)O)S(=O)(=O)N[C@@H](CC(=O)O)C(=O)O)cc2)cc1. The molecule has 26 heteroatoms. The third-order valence-electron chi connectivity index (χ3n) is 8.96. The third-order valence-corrected chi connectivity index (χ3v) is 12.1. The highest BCUT2D eigenvalue weighted by Gasteiger charge is 2.34. The summed E-state index contributed by atoms with van der Waals surface area (Å²) in [5.41, 5.74) is 12.4. The molecule has 0 amide bonds. The Morgan fingerprint density at radius 3 is 1.44 bits per heavy atom. The highest BCUT2D eigenvalue weighted by molar-refractivity contribution is 8.05. The van der Waals surface area contributed by atoms with Crippen molar-refractivity contribution in [3.8, 4) is 11.5 Å². The molecule has 0 fully saturated rings. The van der Waals surface area contributed by atoms with Crippen molar-refractivity contribution in [1.29, 1.82) is 0 Å². The van der Waals surface area contributed by atoms with Gasteiger partial charge in [-0.3, -0.25) is 29.5 Å². The van der Waals surface area contributed by atoms with Gasteiger partial charge in [-0.05, 0) is 90.5 Å². The molecule has 0 radical (unpaired) electrons. The summed E-state index contributed by atoms with van der Waals surface area (Å²) in [6.07, 6.45) is -2.16. The summed E-state index contributed by atoms with van der Waals surface area (Å²) >= 11 is 0. The lowest BCUT2D eigenvalue weighted by atomic mass is 10.2. The van der Waals surface area contributed by atoms with Gasteiger partial charge in [0.05, 0.1) is 56.9 Å². The van der Waals surface area contributed by atoms with E-state index in [1.807, 2.05) is 9.44 Å². The molecule has 0 aliphatic rings. The van der Waals surface area contributed by atoms with Crippen LogP contribution >= 0.6 is 0 Å². The Morgan fingerprint density at radius 2 is 0.985 bits per heavy atom. The number of carboxylic acids is 4. The van der Waals surface area contributed by atoms with Crippen molar-refractivity contribution >= 4 is 72.3 Å². The van der Waals surface area contributed by atoms with E-state index in [4.69, 9.17) is 40.6 Å². The van der Waals surface area contributed by atoms with Crippen LogP contribution in [0, 0.1) is 0 Å². The third kappa shape index (κ3) is 16.8. The molecule has 0 heterocycles. The van der Waals surface area contributed by atoms with Crippen molar-refractivity contribution in [3.05, 3.63) is 119 Å². The smallest absolute Gasteiger partial charge is 0.343 e. The summed E-state index contributed by atoms with van der Waals surface area (Å²) in [6.45, 7) is -1.05. The van der Waals surface area contributed by atoms with Crippen molar-refractivity contribution in [2.24, 2.45) is 4.99 Å². The van der Waals surface area contributed by atoms with Gasteiger partial charge >= 0.3 is 35.8 Å². The molecule has 0 aliphatic carbocycles. The quantitative estimate of drug-likeness (QED) is 0.0101. The molecule has 4 aromatic rings. The van der Waals surface area contributed by atoms with Crippen LogP contribution < -0.4 is 35.7 Å². The number of nitrogens with two attached hydrogens (primary N) is 2. The van der Waals surface area contributed by atoms with E-state index < -0.39 is 91.2 Å². The van der Waals surface area contributed by atoms with E-state index >= 15 is 0 Å². The highest BCUT2D eigenvalue weighted by atomic mass is 32.2. The van der Waals surface area contributed by atoms with Gasteiger partial charge in [-0.15, -0.1) is 0 Å². The molecule has 4 aromatic carbocycles. The van der Waals surface area contributed by atoms with Crippen molar-refractivity contribution < 1.29 is 85.0 Å². The van der Waals surface area contributed by atoms with E-state index in [-0.39, 0.29) is 73.3 Å². The molecule has 1 unspecified atom stereocenters. The van der Waals surface area contributed by atoms with Gasteiger partial charge in [0.1, 0.15) is 23.6 Å². The summed E-state index contributed by atoms with van der Waals surface area (Å²) in [4.78, 5) is 75.1. The summed E-state index contributed by atoms with van der Waals surface area (Å²) < 4.78 is 79.2. The molecule has 24 nitrogen and oxygen atoms in total. The molecule has 3 atom stereocenters. The number of nitrogens with zero attached hydrogens (tertiary/aromatic N) is 1. The van der Waals surface area contributed by atoms with Crippen molar-refractivity contribution in [3.63, 3.8) is 0 Å². The minimum Gasteiger partial charge on any atom is -0.481 e. The normalized spacial score (nSPS) is 13.1. The fourth-order valence-electron chi connectivity index (χ4n) is 5.70. The predicted octanol–water partition coefficient (Wildman–Crippen LogP) is 1.05. The number of esters is 2. The average molecular weight is 987 g/mol. The van der Waals surface area contributed by atoms with Crippen LogP contribution in [0.1, 0.15) is 50.1 Å². The zero-order valence-corrected chi connectivity index (χ0v) is 37.2. The number of benzene rings is 4. The molecule has 68 heavy (non-hydrogen) atoms. The van der Waals surface area contributed by atoms with E-state index in [9.17, 15) is 55.8 Å². The number of carbonyl (C=O) groups is 6. The summed E-state index contributed by atoms with van der Waals surface area (Å²) in [5.74, 6) is -8.11. The van der Waals surface area contributed by atoms with Crippen LogP contribution in [0.5, 0.6) is 11.5 Å². The molecule has 4 rings (SSSR count). The molecular weight excluding hydrogens is 941 g/mol. The van der Waals surface area contributed by atoms with Gasteiger partial charge in [-0.2, -0.15) is 9.44 Å². The van der Waals surface area contributed by atoms with Gasteiger partial charge in [0, 0.05) is 23.5 Å². The number of aliphatic imine (C=N–C) groups is 1. The van der Waals surface area contributed by atoms with Crippen LogP contribution in [-0.4, -0.2) is 130 Å². The summed E-state index contributed by atoms with van der Waals surface area (Å²) in [7, 11) is -9.48. The molecule has 0 saturated carbocycles. The summed E-state index contributed by atoms with van der Waals surface area (Å²) in [6, 6.07) is 17.8. The van der Waals surface area contributed by atoms with Gasteiger partial charge in [0.15, 0.2) is 10.4 Å². The summed E-state index contributed by atoms with van der Waals surface area (Å²) in [5, 5.41) is 37.6. The Morgan fingerprint density at radius 1 is 0.559 bits per heavy atom. The second-order valence-corrected chi connectivity index (χ2v) is 17.6. The Bertz CT molecular complexity index is 2670. The Kier molecular flexibility index (Phi) is 19.6. The van der Waals surface area contributed by atoms with Crippen molar-refractivity contribution in [2.75, 3.05) is 51.0 Å². The van der Waals surface area contributed by atoms with E-state index in [2.05, 4.69) is 10.3 Å².